The number of hydrogen-bond donors (Lipinski definition) is 0. The smallest absolute Gasteiger partial charge is 0.245 e. The molecule has 0 aliphatic heterocycles. The van der Waals surface area contributed by atoms with Crippen molar-refractivity contribution in [3.8, 4) is 0 Å². The van der Waals surface area contributed by atoms with Crippen LogP contribution in [-0.4, -0.2) is 12.8 Å². The van der Waals surface area contributed by atoms with Crippen LogP contribution in [0.25, 0.3) is 0 Å². The molecule has 0 saturated carbocycles. The van der Waals surface area contributed by atoms with E-state index in [0.717, 1.165) is 12.3 Å². The Morgan fingerprint density at radius 2 is 2.00 bits per heavy atom. The van der Waals surface area contributed by atoms with Gasteiger partial charge in [0, 0.05) is 6.20 Å². The number of halogens is 4. The van der Waals surface area contributed by atoms with Crippen molar-refractivity contribution in [2.45, 2.75) is 6.18 Å². The molecule has 0 bridgehead atoms. The molecule has 0 aliphatic carbocycles. The molecule has 1 aromatic rings. The quantitative estimate of drug-likeness (QED) is 0.443. The van der Waals surface area contributed by atoms with Crippen LogP contribution >= 0.6 is 11.6 Å². The van der Waals surface area contributed by atoms with Crippen LogP contribution in [0.5, 0.6) is 0 Å². The van der Waals surface area contributed by atoms with Gasteiger partial charge in [0.15, 0.2) is 0 Å². The van der Waals surface area contributed by atoms with Gasteiger partial charge in [-0.05, 0) is 0 Å². The SMILES string of the molecule is Bc1cc(C(F)(F)F)cnc1Cl. The van der Waals surface area contributed by atoms with E-state index in [2.05, 4.69) is 4.98 Å². The molecule has 0 N–H and O–H groups in total. The summed E-state index contributed by atoms with van der Waals surface area (Å²) in [6, 6.07) is 0.968. The lowest BCUT2D eigenvalue weighted by atomic mass is 9.97. The summed E-state index contributed by atoms with van der Waals surface area (Å²) >= 11 is 5.45. The van der Waals surface area contributed by atoms with Crippen molar-refractivity contribution < 1.29 is 13.2 Å². The van der Waals surface area contributed by atoms with Gasteiger partial charge in [-0.25, -0.2) is 4.98 Å². The Hall–Kier alpha value is -0.705. The normalized spacial score (nSPS) is 11.7. The molecule has 0 fully saturated rings. The number of pyridine rings is 1. The van der Waals surface area contributed by atoms with E-state index in [1.165, 1.54) is 7.85 Å². The third kappa shape index (κ3) is 1.91. The summed E-state index contributed by atoms with van der Waals surface area (Å²) < 4.78 is 36.0. The first-order valence-corrected chi connectivity index (χ1v) is 3.48. The number of rotatable bonds is 0. The highest BCUT2D eigenvalue weighted by Gasteiger charge is 2.31. The maximum Gasteiger partial charge on any atom is 0.417 e. The van der Waals surface area contributed by atoms with E-state index >= 15 is 0 Å². The van der Waals surface area contributed by atoms with Crippen molar-refractivity contribution in [2.24, 2.45) is 0 Å². The number of aromatic nitrogens is 1. The van der Waals surface area contributed by atoms with Crippen LogP contribution in [0.15, 0.2) is 12.3 Å². The minimum Gasteiger partial charge on any atom is -0.245 e. The molecule has 0 radical (unpaired) electrons. The first-order valence-electron chi connectivity index (χ1n) is 3.10. The van der Waals surface area contributed by atoms with E-state index in [9.17, 15) is 13.2 Å². The molecule has 0 saturated heterocycles. The van der Waals surface area contributed by atoms with Crippen LogP contribution in [0.4, 0.5) is 13.2 Å². The largest absolute Gasteiger partial charge is 0.417 e. The topological polar surface area (TPSA) is 12.9 Å². The Morgan fingerprint density at radius 1 is 1.42 bits per heavy atom. The predicted molar refractivity (Wildman–Crippen MR) is 42.4 cm³/mol. The highest BCUT2D eigenvalue weighted by atomic mass is 35.5. The van der Waals surface area contributed by atoms with Gasteiger partial charge in [-0.15, -0.1) is 0 Å². The lowest BCUT2D eigenvalue weighted by Gasteiger charge is -2.06. The number of nitrogens with zero attached hydrogens (tertiary/aromatic N) is 1. The number of alkyl halides is 3. The molecule has 0 spiro atoms. The summed E-state index contributed by atoms with van der Waals surface area (Å²) in [4.78, 5) is 3.39. The van der Waals surface area contributed by atoms with Crippen LogP contribution in [0.1, 0.15) is 5.56 Å². The molecule has 0 amide bonds. The van der Waals surface area contributed by atoms with Crippen molar-refractivity contribution in [1.29, 1.82) is 0 Å². The van der Waals surface area contributed by atoms with Gasteiger partial charge >= 0.3 is 6.18 Å². The maximum atomic E-state index is 12.0. The minimum absolute atomic E-state index is 0.100. The van der Waals surface area contributed by atoms with E-state index < -0.39 is 11.7 Å². The summed E-state index contributed by atoms with van der Waals surface area (Å²) in [5.41, 5.74) is -0.448. The van der Waals surface area contributed by atoms with Crippen molar-refractivity contribution in [3.05, 3.63) is 23.0 Å². The molecule has 1 aromatic heterocycles. The molecule has 0 aliphatic rings. The van der Waals surface area contributed by atoms with Gasteiger partial charge in [0.1, 0.15) is 13.0 Å². The molecular formula is C6H4BClF3N. The standard InChI is InChI=1S/C6H4BClF3N/c7-4-1-3(6(9,10)11)2-12-5(4)8/h1-2H,7H2. The maximum absolute atomic E-state index is 12.0. The van der Waals surface area contributed by atoms with Gasteiger partial charge in [0.2, 0.25) is 0 Å². The minimum atomic E-state index is -4.34. The molecule has 0 unspecified atom stereocenters. The average molecular weight is 193 g/mol. The fourth-order valence-corrected chi connectivity index (χ4v) is 0.816. The lowest BCUT2D eigenvalue weighted by molar-refractivity contribution is -0.137. The van der Waals surface area contributed by atoms with Gasteiger partial charge in [0.05, 0.1) is 5.56 Å². The van der Waals surface area contributed by atoms with Gasteiger partial charge in [-0.3, -0.25) is 0 Å². The zero-order valence-corrected chi connectivity index (χ0v) is 6.87. The van der Waals surface area contributed by atoms with E-state index in [1.54, 1.807) is 0 Å². The zero-order chi connectivity index (χ0) is 9.35. The summed E-state index contributed by atoms with van der Waals surface area (Å²) in [5.74, 6) is 0. The average Bonchev–Trinajstić information content (AvgIpc) is 1.92. The van der Waals surface area contributed by atoms with E-state index in [-0.39, 0.29) is 5.15 Å². The Labute approximate surface area is 73.0 Å². The molecule has 6 heteroatoms. The van der Waals surface area contributed by atoms with Gasteiger partial charge in [0.25, 0.3) is 0 Å². The van der Waals surface area contributed by atoms with E-state index in [1.807, 2.05) is 0 Å². The summed E-state index contributed by atoms with van der Waals surface area (Å²) in [6.45, 7) is 0. The third-order valence-corrected chi connectivity index (χ3v) is 1.74. The monoisotopic (exact) mass is 193 g/mol. The molecule has 1 heterocycles. The Morgan fingerprint density at radius 3 is 2.42 bits per heavy atom. The van der Waals surface area contributed by atoms with Crippen molar-refractivity contribution >= 4 is 24.9 Å². The lowest BCUT2D eigenvalue weighted by Crippen LogP contribution is -2.13. The molecule has 0 aromatic carbocycles. The van der Waals surface area contributed by atoms with Crippen LogP contribution < -0.4 is 5.46 Å². The van der Waals surface area contributed by atoms with Crippen molar-refractivity contribution in [3.63, 3.8) is 0 Å². The first-order chi connectivity index (χ1) is 5.41. The molecular weight excluding hydrogens is 189 g/mol. The predicted octanol–water partition coefficient (Wildman–Crippen LogP) is 1.01. The van der Waals surface area contributed by atoms with E-state index in [4.69, 9.17) is 11.6 Å². The Kier molecular flexibility index (Phi) is 2.33. The second kappa shape index (κ2) is 2.97. The van der Waals surface area contributed by atoms with Crippen LogP contribution in [0.2, 0.25) is 5.15 Å². The highest BCUT2D eigenvalue weighted by Crippen LogP contribution is 2.28. The molecule has 1 nitrogen and oxygen atoms in total. The van der Waals surface area contributed by atoms with Gasteiger partial charge < -0.3 is 0 Å². The van der Waals surface area contributed by atoms with Crippen molar-refractivity contribution in [1.82, 2.24) is 4.98 Å². The van der Waals surface area contributed by atoms with Crippen LogP contribution in [0.3, 0.4) is 0 Å². The molecule has 64 valence electrons. The fourth-order valence-electron chi connectivity index (χ4n) is 0.713. The first kappa shape index (κ1) is 9.38. The second-order valence-electron chi connectivity index (χ2n) is 2.33. The van der Waals surface area contributed by atoms with Crippen LogP contribution in [-0.2, 0) is 6.18 Å². The van der Waals surface area contributed by atoms with Crippen molar-refractivity contribution in [2.75, 3.05) is 0 Å². The number of hydrogen-bond acceptors (Lipinski definition) is 1. The second-order valence-corrected chi connectivity index (χ2v) is 2.69. The molecule has 12 heavy (non-hydrogen) atoms. The third-order valence-electron chi connectivity index (χ3n) is 1.34. The van der Waals surface area contributed by atoms with Gasteiger partial charge in [-0.2, -0.15) is 13.2 Å². The summed E-state index contributed by atoms with van der Waals surface area (Å²) in [7, 11) is 1.48. The fraction of sp³-hybridized carbons (Fsp3) is 0.167. The summed E-state index contributed by atoms with van der Waals surface area (Å²) in [6.07, 6.45) is -3.63. The Bertz CT molecular complexity index is 299. The van der Waals surface area contributed by atoms with Gasteiger partial charge in [-0.1, -0.05) is 23.1 Å². The summed E-state index contributed by atoms with van der Waals surface area (Å²) in [5, 5.41) is 0.100. The zero-order valence-electron chi connectivity index (χ0n) is 6.11. The highest BCUT2D eigenvalue weighted by molar-refractivity contribution is 6.44. The molecule has 0 atom stereocenters. The van der Waals surface area contributed by atoms with E-state index in [0.29, 0.717) is 5.46 Å². The Balaban J connectivity index is 3.14. The molecule has 1 rings (SSSR count). The van der Waals surface area contributed by atoms with Crippen LogP contribution in [0, 0.1) is 0 Å².